The third-order valence-electron chi connectivity index (χ3n) is 15.5. The van der Waals surface area contributed by atoms with Crippen LogP contribution in [0.3, 0.4) is 0 Å². The minimum atomic E-state index is -2.20. The van der Waals surface area contributed by atoms with Crippen LogP contribution in [-0.2, 0) is 60.2 Å². The Bertz CT molecular complexity index is 4140. The molecule has 0 saturated heterocycles. The van der Waals surface area contributed by atoms with Crippen LogP contribution in [0.2, 0.25) is 0 Å². The number of nitrogens with zero attached hydrogens (tertiary/aromatic N) is 4. The first-order valence-electron chi connectivity index (χ1n) is 37.6. The molecule has 0 bridgehead atoms. The summed E-state index contributed by atoms with van der Waals surface area (Å²) in [6.07, 6.45) is 8.05. The average Bonchev–Trinajstić information content (AvgIpc) is 0.736. The summed E-state index contributed by atoms with van der Waals surface area (Å²) in [5.74, 6) is -0.642. The Kier molecular flexibility index (Phi) is 19.2. The van der Waals surface area contributed by atoms with Crippen LogP contribution in [0.4, 0.5) is 0 Å². The molecule has 0 aliphatic carbocycles. The summed E-state index contributed by atoms with van der Waals surface area (Å²) in [6.45, 7) is 45.9. The van der Waals surface area contributed by atoms with Gasteiger partial charge in [-0.1, -0.05) is 188 Å². The van der Waals surface area contributed by atoms with Gasteiger partial charge in [-0.15, -0.1) is 0 Å². The lowest BCUT2D eigenvalue weighted by molar-refractivity contribution is -0.661. The van der Waals surface area contributed by atoms with Gasteiger partial charge in [0.2, 0.25) is 22.8 Å². The third-order valence-corrected chi connectivity index (χ3v) is 15.5. The molecule has 8 aromatic rings. The van der Waals surface area contributed by atoms with Crippen LogP contribution in [0.15, 0.2) is 128 Å². The molecule has 4 heteroatoms. The van der Waals surface area contributed by atoms with Crippen LogP contribution in [0.1, 0.15) is 222 Å². The average molecular weight is 1210 g/mol. The van der Waals surface area contributed by atoms with Crippen molar-refractivity contribution in [1.82, 2.24) is 0 Å². The Morgan fingerprint density at radius 2 is 0.663 bits per heavy atom. The maximum absolute atomic E-state index is 8.96. The number of pyridine rings is 4. The zero-order valence-corrected chi connectivity index (χ0v) is 60.5. The molecular weight excluding hydrogens is 1080 g/mol. The normalized spacial score (nSPS) is 14.6. The number of benzene rings is 4. The minimum absolute atomic E-state index is 0.257. The van der Waals surface area contributed by atoms with Gasteiger partial charge in [-0.2, -0.15) is 0 Å². The van der Waals surface area contributed by atoms with E-state index in [9.17, 15) is 0 Å². The summed E-state index contributed by atoms with van der Waals surface area (Å²) in [4.78, 5) is 0. The van der Waals surface area contributed by atoms with Crippen molar-refractivity contribution < 1.29 is 33.3 Å². The standard InChI is InChI=1S/2C24H36N.C20H28N.C17H22N/c2*1-17-10-11-21(18(2)12-17)22-13-19(14-23(3,4)5)20(16-25(22)9)15-24(6,7)8;1-14-8-9-18(16(3)10-14)19-11-15(2)17(13-21(19)7)12-20(4,5)6;1-12(2)15-7-9-17(18(5)11-15)16-8-6-13(3)10-14(16)4/h2*10-13,16H,14-15H2,1-9H3;8-11,13H,12H2,1-7H3;6-12H,1-5H3/q4*+1/i1D3,14D2,15D2;;;3D3,12D. The molecule has 0 spiro atoms. The number of hydrogen-bond acceptors (Lipinski definition) is 0. The molecule has 0 radical (unpaired) electrons. The van der Waals surface area contributed by atoms with E-state index in [1.54, 1.807) is 47.2 Å². The molecule has 89 heavy (non-hydrogen) atoms. The molecule has 0 amide bonds. The van der Waals surface area contributed by atoms with E-state index in [4.69, 9.17) is 15.1 Å². The van der Waals surface area contributed by atoms with Gasteiger partial charge in [0.1, 0.15) is 28.2 Å². The van der Waals surface area contributed by atoms with Crippen molar-refractivity contribution in [2.24, 2.45) is 55.3 Å². The lowest BCUT2D eigenvalue weighted by Crippen LogP contribution is -2.33. The first-order chi connectivity index (χ1) is 45.1. The van der Waals surface area contributed by atoms with Crippen LogP contribution in [-0.4, -0.2) is 0 Å². The highest BCUT2D eigenvalue weighted by Gasteiger charge is 2.27. The van der Waals surface area contributed by atoms with E-state index in [0.29, 0.717) is 33.2 Å². The first kappa shape index (κ1) is 57.6. The monoisotopic (exact) mass is 1210 g/mol. The van der Waals surface area contributed by atoms with Crippen molar-refractivity contribution in [3.8, 4) is 45.0 Å². The zero-order chi connectivity index (χ0) is 76.6. The molecule has 0 N–H and O–H groups in total. The summed E-state index contributed by atoms with van der Waals surface area (Å²) in [5, 5.41) is 0. The first-order valence-corrected chi connectivity index (χ1v) is 32.1. The van der Waals surface area contributed by atoms with Gasteiger partial charge < -0.3 is 0 Å². The lowest BCUT2D eigenvalue weighted by atomic mass is 9.81. The molecule has 0 unspecified atom stereocenters. The van der Waals surface area contributed by atoms with Crippen molar-refractivity contribution in [2.75, 3.05) is 0 Å². The van der Waals surface area contributed by atoms with Crippen LogP contribution in [0, 0.1) is 89.2 Å². The van der Waals surface area contributed by atoms with Gasteiger partial charge in [0, 0.05) is 83.9 Å². The predicted molar refractivity (Wildman–Crippen MR) is 385 cm³/mol. The van der Waals surface area contributed by atoms with E-state index in [2.05, 4.69) is 181 Å². The maximum Gasteiger partial charge on any atom is 0.212 e. The molecule has 4 nitrogen and oxygen atoms in total. The fourth-order valence-electron chi connectivity index (χ4n) is 11.5. The maximum atomic E-state index is 8.96. The molecular formula is C85H122N4+4. The Morgan fingerprint density at radius 3 is 1.04 bits per heavy atom. The molecule has 0 fully saturated rings. The number of aryl methyl sites for hydroxylation is 13. The fraction of sp³-hybridized carbons (Fsp3) is 0.482. The quantitative estimate of drug-likeness (QED) is 0.121. The Hall–Kier alpha value is -6.52. The fourth-order valence-corrected chi connectivity index (χ4v) is 11.5. The lowest BCUT2D eigenvalue weighted by Gasteiger charge is -2.24. The van der Waals surface area contributed by atoms with E-state index < -0.39 is 43.2 Å². The third kappa shape index (κ3) is 22.4. The summed E-state index contributed by atoms with van der Waals surface area (Å²) in [7, 11) is 8.09. The second kappa shape index (κ2) is 29.6. The van der Waals surface area contributed by atoms with Crippen LogP contribution >= 0.6 is 0 Å². The van der Waals surface area contributed by atoms with E-state index >= 15 is 0 Å². The number of aromatic nitrogens is 4. The SMILES string of the molecule is Cc1ccc(-c2cc(C)c(CC(C)(C)C)c[n+]2C)c(C)c1.Cc1ccc(-c2cc(CC(C)(C)C)c(CC(C)(C)C)c[n+]2C)c(C)c1.[2H]C([2H])([2H])c1ccc(-c2cc(C([2H])([2H])C(C)(C)C)c(C([2H])([2H])C(C)(C)C)c[n+]2C)c(C)c1.[2H]C([2H])([2H])c1ccc(-c2ccc(C([2H])(C)C)c[n+]2C)c(C)c1. The summed E-state index contributed by atoms with van der Waals surface area (Å²) in [5.41, 5.74) is 23.2. The van der Waals surface area contributed by atoms with Gasteiger partial charge in [-0.3, -0.25) is 0 Å². The van der Waals surface area contributed by atoms with Crippen molar-refractivity contribution in [2.45, 2.75) is 218 Å². The smallest absolute Gasteiger partial charge is 0.201 e. The molecule has 0 saturated carbocycles. The largest absolute Gasteiger partial charge is 0.212 e. The van der Waals surface area contributed by atoms with Gasteiger partial charge >= 0.3 is 0 Å². The Balaban J connectivity index is 0.000000244. The van der Waals surface area contributed by atoms with E-state index in [1.807, 2.05) is 112 Å². The summed E-state index contributed by atoms with van der Waals surface area (Å²) in [6, 6.07) is 34.1. The zero-order valence-electron chi connectivity index (χ0n) is 71.5. The van der Waals surface area contributed by atoms with Gasteiger partial charge in [0.25, 0.3) is 0 Å². The Labute approximate surface area is 560 Å². The molecule has 4 aromatic heterocycles. The van der Waals surface area contributed by atoms with E-state index in [-0.39, 0.29) is 11.0 Å². The second-order valence-corrected chi connectivity index (χ2v) is 31.5. The highest BCUT2D eigenvalue weighted by molar-refractivity contribution is 5.65. The topological polar surface area (TPSA) is 15.5 Å². The van der Waals surface area contributed by atoms with Gasteiger partial charge in [-0.05, 0) is 196 Å². The molecule has 478 valence electrons. The van der Waals surface area contributed by atoms with Crippen molar-refractivity contribution in [3.05, 3.63) is 211 Å². The molecule has 8 rings (SSSR count). The van der Waals surface area contributed by atoms with Gasteiger partial charge in [0.05, 0.1) is 0 Å². The van der Waals surface area contributed by atoms with Crippen LogP contribution < -0.4 is 18.3 Å². The van der Waals surface area contributed by atoms with Gasteiger partial charge in [-0.25, -0.2) is 18.3 Å². The molecule has 0 aliphatic heterocycles. The highest BCUT2D eigenvalue weighted by Crippen LogP contribution is 2.34. The van der Waals surface area contributed by atoms with E-state index in [0.717, 1.165) is 52.8 Å². The molecule has 4 aromatic carbocycles. The molecule has 0 atom stereocenters. The molecule has 0 aliphatic rings. The Morgan fingerprint density at radius 1 is 0.337 bits per heavy atom. The number of hydrogen-bond donors (Lipinski definition) is 0. The van der Waals surface area contributed by atoms with Gasteiger partial charge in [0.15, 0.2) is 24.8 Å². The van der Waals surface area contributed by atoms with Crippen LogP contribution in [0.25, 0.3) is 45.0 Å². The molecule has 4 heterocycles. The predicted octanol–water partition coefficient (Wildman–Crippen LogP) is 20.6. The second-order valence-electron chi connectivity index (χ2n) is 31.5. The summed E-state index contributed by atoms with van der Waals surface area (Å²) >= 11 is 0. The minimum Gasteiger partial charge on any atom is -0.201 e. The van der Waals surface area contributed by atoms with Crippen LogP contribution in [0.5, 0.6) is 0 Å². The van der Waals surface area contributed by atoms with Crippen molar-refractivity contribution >= 4 is 0 Å². The highest BCUT2D eigenvalue weighted by atomic mass is 14.9. The summed E-state index contributed by atoms with van der Waals surface area (Å²) < 4.78 is 97.6. The van der Waals surface area contributed by atoms with Crippen molar-refractivity contribution in [1.29, 1.82) is 0 Å². The van der Waals surface area contributed by atoms with Crippen molar-refractivity contribution in [3.63, 3.8) is 0 Å². The number of rotatable bonds is 10. The van der Waals surface area contributed by atoms with E-state index in [1.165, 1.54) is 67.0 Å².